The van der Waals surface area contributed by atoms with E-state index in [1.165, 1.54) is 11.1 Å². The van der Waals surface area contributed by atoms with Gasteiger partial charge < -0.3 is 9.47 Å². The SMILES string of the molecule is c1cc(Cc2ccc(OCCc3nnn[nH]3)cc2)cc(OCc2ccc3ccccc3n2)c1. The lowest BCUT2D eigenvalue weighted by molar-refractivity contribution is 0.301. The molecule has 0 radical (unpaired) electrons. The predicted molar refractivity (Wildman–Crippen MR) is 125 cm³/mol. The number of nitrogens with zero attached hydrogens (tertiary/aromatic N) is 4. The first-order valence-electron chi connectivity index (χ1n) is 10.8. The normalized spacial score (nSPS) is 10.9. The zero-order valence-electron chi connectivity index (χ0n) is 18.0. The molecule has 2 aromatic heterocycles. The maximum atomic E-state index is 6.01. The summed E-state index contributed by atoms with van der Waals surface area (Å²) in [5, 5.41) is 14.8. The molecule has 7 heteroatoms. The molecule has 1 N–H and O–H groups in total. The van der Waals surface area contributed by atoms with E-state index >= 15 is 0 Å². The van der Waals surface area contributed by atoms with E-state index in [-0.39, 0.29) is 0 Å². The van der Waals surface area contributed by atoms with Crippen molar-refractivity contribution in [3.05, 3.63) is 108 Å². The standard InChI is InChI=1S/C26H23N5O2/c1-2-7-25-21(5-1)10-11-22(27-25)18-33-24-6-3-4-20(17-24)16-19-8-12-23(13-9-19)32-15-14-26-28-30-31-29-26/h1-13,17H,14-16,18H2,(H,28,29,30,31). The van der Waals surface area contributed by atoms with Gasteiger partial charge in [-0.15, -0.1) is 5.10 Å². The first-order chi connectivity index (χ1) is 16.3. The van der Waals surface area contributed by atoms with Crippen LogP contribution in [-0.2, 0) is 19.4 Å². The molecule has 2 heterocycles. The Morgan fingerprint density at radius 3 is 2.55 bits per heavy atom. The van der Waals surface area contributed by atoms with Gasteiger partial charge in [0, 0.05) is 11.8 Å². The highest BCUT2D eigenvalue weighted by molar-refractivity contribution is 5.78. The summed E-state index contributed by atoms with van der Waals surface area (Å²) < 4.78 is 11.8. The highest BCUT2D eigenvalue weighted by Gasteiger charge is 2.04. The van der Waals surface area contributed by atoms with Crippen molar-refractivity contribution in [2.45, 2.75) is 19.4 Å². The number of aromatic nitrogens is 5. The molecule has 0 unspecified atom stereocenters. The van der Waals surface area contributed by atoms with Crippen molar-refractivity contribution in [2.24, 2.45) is 0 Å². The average Bonchev–Trinajstić information content (AvgIpc) is 3.38. The molecule has 164 valence electrons. The van der Waals surface area contributed by atoms with E-state index in [2.05, 4.69) is 62.0 Å². The van der Waals surface area contributed by atoms with Gasteiger partial charge in [-0.05, 0) is 64.4 Å². The maximum Gasteiger partial charge on any atom is 0.151 e. The molecule has 0 atom stereocenters. The van der Waals surface area contributed by atoms with Gasteiger partial charge in [0.05, 0.1) is 17.8 Å². The topological polar surface area (TPSA) is 85.8 Å². The van der Waals surface area contributed by atoms with Gasteiger partial charge in [-0.2, -0.15) is 0 Å². The Kier molecular flexibility index (Phi) is 6.20. The van der Waals surface area contributed by atoms with Crippen molar-refractivity contribution in [1.82, 2.24) is 25.6 Å². The van der Waals surface area contributed by atoms with Gasteiger partial charge in [0.25, 0.3) is 0 Å². The number of benzene rings is 3. The van der Waals surface area contributed by atoms with Crippen LogP contribution < -0.4 is 9.47 Å². The third kappa shape index (κ3) is 5.51. The van der Waals surface area contributed by atoms with E-state index in [4.69, 9.17) is 9.47 Å². The monoisotopic (exact) mass is 437 g/mol. The predicted octanol–water partition coefficient (Wildman–Crippen LogP) is 4.54. The summed E-state index contributed by atoms with van der Waals surface area (Å²) >= 11 is 0. The molecule has 0 aliphatic rings. The quantitative estimate of drug-likeness (QED) is 0.364. The number of pyridine rings is 1. The van der Waals surface area contributed by atoms with Crippen molar-refractivity contribution in [2.75, 3.05) is 6.61 Å². The molecular weight excluding hydrogens is 414 g/mol. The van der Waals surface area contributed by atoms with Crippen molar-refractivity contribution < 1.29 is 9.47 Å². The van der Waals surface area contributed by atoms with Crippen LogP contribution in [0.2, 0.25) is 0 Å². The van der Waals surface area contributed by atoms with Crippen molar-refractivity contribution in [3.8, 4) is 11.5 Å². The summed E-state index contributed by atoms with van der Waals surface area (Å²) in [5.74, 6) is 2.38. The van der Waals surface area contributed by atoms with Crippen LogP contribution in [0.5, 0.6) is 11.5 Å². The second-order valence-corrected chi connectivity index (χ2v) is 7.70. The lowest BCUT2D eigenvalue weighted by Crippen LogP contribution is -2.03. The second-order valence-electron chi connectivity index (χ2n) is 7.70. The lowest BCUT2D eigenvalue weighted by atomic mass is 10.0. The number of ether oxygens (including phenoxy) is 2. The van der Waals surface area contributed by atoms with E-state index in [0.717, 1.165) is 34.5 Å². The Morgan fingerprint density at radius 2 is 1.67 bits per heavy atom. The van der Waals surface area contributed by atoms with Crippen LogP contribution in [0.3, 0.4) is 0 Å². The minimum Gasteiger partial charge on any atom is -0.493 e. The number of para-hydroxylation sites is 1. The maximum absolute atomic E-state index is 6.01. The van der Waals surface area contributed by atoms with Crippen LogP contribution in [0.15, 0.2) is 84.9 Å². The summed E-state index contributed by atoms with van der Waals surface area (Å²) in [6.45, 7) is 0.951. The number of nitrogens with one attached hydrogen (secondary N) is 1. The zero-order valence-corrected chi connectivity index (χ0v) is 18.0. The number of tetrazole rings is 1. The van der Waals surface area contributed by atoms with E-state index in [1.807, 2.05) is 48.5 Å². The lowest BCUT2D eigenvalue weighted by Gasteiger charge is -2.09. The first-order valence-corrected chi connectivity index (χ1v) is 10.8. The average molecular weight is 438 g/mol. The molecule has 0 saturated carbocycles. The molecule has 0 bridgehead atoms. The van der Waals surface area contributed by atoms with E-state index in [1.54, 1.807) is 0 Å². The molecule has 5 aromatic rings. The van der Waals surface area contributed by atoms with Gasteiger partial charge in [-0.3, -0.25) is 0 Å². The fourth-order valence-electron chi connectivity index (χ4n) is 3.58. The Labute approximate surface area is 191 Å². The molecule has 0 aliphatic carbocycles. The van der Waals surface area contributed by atoms with Crippen LogP contribution in [0.1, 0.15) is 22.6 Å². The largest absolute Gasteiger partial charge is 0.493 e. The summed E-state index contributed by atoms with van der Waals surface area (Å²) in [5.41, 5.74) is 4.28. The fraction of sp³-hybridized carbons (Fsp3) is 0.154. The zero-order chi connectivity index (χ0) is 22.3. The Bertz CT molecular complexity index is 1320. The smallest absolute Gasteiger partial charge is 0.151 e. The second kappa shape index (κ2) is 9.91. The number of fused-ring (bicyclic) bond motifs is 1. The summed E-state index contributed by atoms with van der Waals surface area (Å²) in [4.78, 5) is 4.68. The van der Waals surface area contributed by atoms with Crippen LogP contribution in [-0.4, -0.2) is 32.2 Å². The molecule has 0 amide bonds. The molecule has 33 heavy (non-hydrogen) atoms. The summed E-state index contributed by atoms with van der Waals surface area (Å²) in [6, 6.07) is 28.5. The number of aromatic amines is 1. The number of hydrogen-bond donors (Lipinski definition) is 1. The van der Waals surface area contributed by atoms with Crippen molar-refractivity contribution in [3.63, 3.8) is 0 Å². The molecular formula is C26H23N5O2. The van der Waals surface area contributed by atoms with Crippen LogP contribution in [0.4, 0.5) is 0 Å². The minimum absolute atomic E-state index is 0.435. The third-order valence-electron chi connectivity index (χ3n) is 5.27. The van der Waals surface area contributed by atoms with E-state index in [9.17, 15) is 0 Å². The highest BCUT2D eigenvalue weighted by Crippen LogP contribution is 2.20. The van der Waals surface area contributed by atoms with Crippen LogP contribution in [0, 0.1) is 0 Å². The number of H-pyrrole nitrogens is 1. The van der Waals surface area contributed by atoms with Gasteiger partial charge in [0.2, 0.25) is 0 Å². The van der Waals surface area contributed by atoms with Crippen LogP contribution >= 0.6 is 0 Å². The summed E-state index contributed by atoms with van der Waals surface area (Å²) in [6.07, 6.45) is 1.45. The molecule has 3 aromatic carbocycles. The highest BCUT2D eigenvalue weighted by atomic mass is 16.5. The molecule has 0 saturated heterocycles. The molecule has 5 rings (SSSR count). The molecule has 0 fully saturated rings. The number of hydrogen-bond acceptors (Lipinski definition) is 6. The Balaban J connectivity index is 1.15. The van der Waals surface area contributed by atoms with Crippen molar-refractivity contribution in [1.29, 1.82) is 0 Å². The van der Waals surface area contributed by atoms with Gasteiger partial charge in [0.15, 0.2) is 5.82 Å². The van der Waals surface area contributed by atoms with Gasteiger partial charge in [0.1, 0.15) is 18.1 Å². The van der Waals surface area contributed by atoms with Crippen LogP contribution in [0.25, 0.3) is 10.9 Å². The fourth-order valence-corrected chi connectivity index (χ4v) is 3.58. The van der Waals surface area contributed by atoms with Gasteiger partial charge >= 0.3 is 0 Å². The first kappa shape index (κ1) is 20.6. The van der Waals surface area contributed by atoms with E-state index in [0.29, 0.717) is 25.5 Å². The van der Waals surface area contributed by atoms with Crippen molar-refractivity contribution >= 4 is 10.9 Å². The molecule has 0 aliphatic heterocycles. The Hall–Kier alpha value is -4.26. The Morgan fingerprint density at radius 1 is 0.758 bits per heavy atom. The summed E-state index contributed by atoms with van der Waals surface area (Å²) in [7, 11) is 0. The van der Waals surface area contributed by atoms with E-state index < -0.39 is 0 Å². The molecule has 0 spiro atoms. The van der Waals surface area contributed by atoms with Gasteiger partial charge in [-0.25, -0.2) is 10.1 Å². The van der Waals surface area contributed by atoms with Gasteiger partial charge in [-0.1, -0.05) is 48.5 Å². The third-order valence-corrected chi connectivity index (χ3v) is 5.27. The minimum atomic E-state index is 0.435. The number of rotatable bonds is 9. The molecule has 7 nitrogen and oxygen atoms in total.